The summed E-state index contributed by atoms with van der Waals surface area (Å²) in [5.41, 5.74) is 0. The number of carbonyl (C=O) groups is 1. The zero-order valence-corrected chi connectivity index (χ0v) is 15.9. The van der Waals surface area contributed by atoms with Crippen molar-refractivity contribution in [3.8, 4) is 0 Å². The lowest BCUT2D eigenvalue weighted by atomic mass is 9.99. The van der Waals surface area contributed by atoms with E-state index >= 15 is 0 Å². The SMILES string of the molecule is O=C(NCCN1CCOCC1)[C@H]1CCCN(S(=O)(=O)c2cccs2)C1. The van der Waals surface area contributed by atoms with E-state index in [1.807, 2.05) is 0 Å². The number of amides is 1. The normalized spacial score (nSPS) is 23.4. The molecule has 1 amide bonds. The van der Waals surface area contributed by atoms with Gasteiger partial charge in [0.1, 0.15) is 4.21 Å². The van der Waals surface area contributed by atoms with Crippen LogP contribution < -0.4 is 5.32 Å². The molecule has 7 nitrogen and oxygen atoms in total. The number of nitrogens with one attached hydrogen (secondary N) is 1. The van der Waals surface area contributed by atoms with Gasteiger partial charge in [-0.15, -0.1) is 11.3 Å². The Hall–Kier alpha value is -1.00. The molecule has 2 aliphatic rings. The first-order valence-corrected chi connectivity index (χ1v) is 11.0. The molecule has 0 aromatic carbocycles. The number of sulfonamides is 1. The third-order valence-corrected chi connectivity index (χ3v) is 7.91. The van der Waals surface area contributed by atoms with E-state index in [0.29, 0.717) is 23.7 Å². The van der Waals surface area contributed by atoms with Gasteiger partial charge in [-0.05, 0) is 24.3 Å². The number of piperidine rings is 1. The van der Waals surface area contributed by atoms with Gasteiger partial charge in [-0.2, -0.15) is 4.31 Å². The second-order valence-electron chi connectivity index (χ2n) is 6.38. The summed E-state index contributed by atoms with van der Waals surface area (Å²) >= 11 is 1.22. The van der Waals surface area contributed by atoms with Gasteiger partial charge in [-0.3, -0.25) is 9.69 Å². The van der Waals surface area contributed by atoms with E-state index in [4.69, 9.17) is 4.74 Å². The smallest absolute Gasteiger partial charge is 0.252 e. The van der Waals surface area contributed by atoms with Crippen molar-refractivity contribution in [2.24, 2.45) is 5.92 Å². The molecule has 1 aromatic heterocycles. The van der Waals surface area contributed by atoms with E-state index in [0.717, 1.165) is 39.3 Å². The molecular weight excluding hydrogens is 362 g/mol. The second kappa shape index (κ2) is 8.59. The van der Waals surface area contributed by atoms with E-state index in [9.17, 15) is 13.2 Å². The van der Waals surface area contributed by atoms with Crippen molar-refractivity contribution in [3.63, 3.8) is 0 Å². The van der Waals surface area contributed by atoms with Crippen LogP contribution in [-0.4, -0.2) is 76.0 Å². The van der Waals surface area contributed by atoms with Crippen molar-refractivity contribution in [2.45, 2.75) is 17.1 Å². The number of thiophene rings is 1. The van der Waals surface area contributed by atoms with Crippen LogP contribution in [0.25, 0.3) is 0 Å². The summed E-state index contributed by atoms with van der Waals surface area (Å²) < 4.78 is 32.4. The minimum absolute atomic E-state index is 0.0423. The summed E-state index contributed by atoms with van der Waals surface area (Å²) in [6.45, 7) is 5.42. The van der Waals surface area contributed by atoms with Gasteiger partial charge in [-0.25, -0.2) is 8.42 Å². The Morgan fingerprint density at radius 1 is 1.32 bits per heavy atom. The summed E-state index contributed by atoms with van der Waals surface area (Å²) in [5.74, 6) is -0.312. The standard InChI is InChI=1S/C16H25N3O4S2/c20-16(17-5-7-18-8-10-23-11-9-18)14-3-1-6-19(13-14)25(21,22)15-4-2-12-24-15/h2,4,12,14H,1,3,5-11,13H2,(H,17,20)/t14-/m0/s1. The molecule has 3 rings (SSSR count). The number of carbonyl (C=O) groups excluding carboxylic acids is 1. The van der Waals surface area contributed by atoms with E-state index < -0.39 is 10.0 Å². The minimum Gasteiger partial charge on any atom is -0.379 e. The van der Waals surface area contributed by atoms with Crippen LogP contribution in [-0.2, 0) is 19.6 Å². The molecule has 25 heavy (non-hydrogen) atoms. The van der Waals surface area contributed by atoms with E-state index in [1.165, 1.54) is 15.6 Å². The van der Waals surface area contributed by atoms with Crippen molar-refractivity contribution < 1.29 is 17.9 Å². The lowest BCUT2D eigenvalue weighted by Gasteiger charge is -2.31. The molecule has 140 valence electrons. The van der Waals surface area contributed by atoms with Gasteiger partial charge in [0.2, 0.25) is 5.91 Å². The molecule has 3 heterocycles. The molecular formula is C16H25N3O4S2. The summed E-state index contributed by atoms with van der Waals surface area (Å²) in [7, 11) is -3.47. The summed E-state index contributed by atoms with van der Waals surface area (Å²) in [4.78, 5) is 14.7. The third kappa shape index (κ3) is 4.79. The molecule has 1 aromatic rings. The fourth-order valence-corrected chi connectivity index (χ4v) is 5.89. The monoisotopic (exact) mass is 387 g/mol. The molecule has 2 saturated heterocycles. The second-order valence-corrected chi connectivity index (χ2v) is 9.49. The largest absolute Gasteiger partial charge is 0.379 e. The molecule has 0 saturated carbocycles. The van der Waals surface area contributed by atoms with Crippen LogP contribution in [0.4, 0.5) is 0 Å². The lowest BCUT2D eigenvalue weighted by molar-refractivity contribution is -0.126. The zero-order valence-electron chi connectivity index (χ0n) is 14.2. The highest BCUT2D eigenvalue weighted by molar-refractivity contribution is 7.91. The predicted octanol–water partition coefficient (Wildman–Crippen LogP) is 0.597. The number of morpholine rings is 1. The molecule has 0 radical (unpaired) electrons. The van der Waals surface area contributed by atoms with Crippen LogP contribution in [0.5, 0.6) is 0 Å². The Bertz CT molecular complexity index is 657. The fourth-order valence-electron chi connectivity index (χ4n) is 3.22. The Labute approximate surface area is 153 Å². The number of hydrogen-bond donors (Lipinski definition) is 1. The van der Waals surface area contributed by atoms with Gasteiger partial charge in [0.05, 0.1) is 19.1 Å². The highest BCUT2D eigenvalue weighted by Crippen LogP contribution is 2.26. The Morgan fingerprint density at radius 2 is 2.12 bits per heavy atom. The Kier molecular flexibility index (Phi) is 6.45. The molecule has 1 atom stereocenters. The van der Waals surface area contributed by atoms with Crippen LogP contribution in [0.3, 0.4) is 0 Å². The van der Waals surface area contributed by atoms with Crippen LogP contribution in [0.15, 0.2) is 21.7 Å². The highest BCUT2D eigenvalue weighted by atomic mass is 32.2. The Morgan fingerprint density at radius 3 is 2.84 bits per heavy atom. The van der Waals surface area contributed by atoms with Gasteiger partial charge < -0.3 is 10.1 Å². The Balaban J connectivity index is 1.49. The third-order valence-electron chi connectivity index (χ3n) is 4.68. The first-order valence-electron chi connectivity index (χ1n) is 8.69. The fraction of sp³-hybridized carbons (Fsp3) is 0.688. The number of rotatable bonds is 6. The lowest BCUT2D eigenvalue weighted by Crippen LogP contribution is -2.47. The van der Waals surface area contributed by atoms with Gasteiger partial charge in [0.25, 0.3) is 10.0 Å². The minimum atomic E-state index is -3.47. The molecule has 9 heteroatoms. The quantitative estimate of drug-likeness (QED) is 0.773. The maximum absolute atomic E-state index is 12.6. The number of nitrogens with zero attached hydrogens (tertiary/aromatic N) is 2. The number of hydrogen-bond acceptors (Lipinski definition) is 6. The summed E-state index contributed by atoms with van der Waals surface area (Å²) in [5, 5.41) is 4.72. The maximum Gasteiger partial charge on any atom is 0.252 e. The van der Waals surface area contributed by atoms with Gasteiger partial charge >= 0.3 is 0 Å². The first kappa shape index (κ1) is 18.8. The van der Waals surface area contributed by atoms with Crippen LogP contribution >= 0.6 is 11.3 Å². The maximum atomic E-state index is 12.6. The van der Waals surface area contributed by atoms with Crippen LogP contribution in [0, 0.1) is 5.92 Å². The van der Waals surface area contributed by atoms with Gasteiger partial charge in [-0.1, -0.05) is 6.07 Å². The van der Waals surface area contributed by atoms with Gasteiger partial charge in [0, 0.05) is 39.3 Å². The summed E-state index contributed by atoms with van der Waals surface area (Å²) in [6, 6.07) is 3.35. The average molecular weight is 388 g/mol. The first-order chi connectivity index (χ1) is 12.1. The molecule has 2 fully saturated rings. The van der Waals surface area contributed by atoms with Crippen LogP contribution in [0.2, 0.25) is 0 Å². The molecule has 0 unspecified atom stereocenters. The molecule has 0 aliphatic carbocycles. The average Bonchev–Trinajstić information content (AvgIpc) is 3.18. The molecule has 2 aliphatic heterocycles. The molecule has 0 spiro atoms. The van der Waals surface area contributed by atoms with Crippen molar-refractivity contribution in [2.75, 3.05) is 52.5 Å². The van der Waals surface area contributed by atoms with E-state index in [2.05, 4.69) is 10.2 Å². The highest BCUT2D eigenvalue weighted by Gasteiger charge is 2.33. The predicted molar refractivity (Wildman–Crippen MR) is 96.1 cm³/mol. The zero-order chi connectivity index (χ0) is 17.7. The molecule has 0 bridgehead atoms. The van der Waals surface area contributed by atoms with Crippen molar-refractivity contribution in [1.82, 2.24) is 14.5 Å². The van der Waals surface area contributed by atoms with E-state index in [1.54, 1.807) is 17.5 Å². The molecule has 1 N–H and O–H groups in total. The van der Waals surface area contributed by atoms with Crippen molar-refractivity contribution >= 4 is 27.3 Å². The van der Waals surface area contributed by atoms with Gasteiger partial charge in [0.15, 0.2) is 0 Å². The summed E-state index contributed by atoms with van der Waals surface area (Å²) in [6.07, 6.45) is 1.45. The number of ether oxygens (including phenoxy) is 1. The van der Waals surface area contributed by atoms with E-state index in [-0.39, 0.29) is 18.4 Å². The van der Waals surface area contributed by atoms with Crippen molar-refractivity contribution in [1.29, 1.82) is 0 Å². The van der Waals surface area contributed by atoms with Crippen molar-refractivity contribution in [3.05, 3.63) is 17.5 Å². The topological polar surface area (TPSA) is 79.0 Å². The van der Waals surface area contributed by atoms with Crippen LogP contribution in [0.1, 0.15) is 12.8 Å².